The van der Waals surface area contributed by atoms with Crippen LogP contribution in [0.15, 0.2) is 35.3 Å². The number of hydrogen-bond donors (Lipinski definition) is 2. The zero-order valence-electron chi connectivity index (χ0n) is 13.8. The number of benzene rings is 1. The SMILES string of the molecule is Cc1nc2c(cc1F)c(C(N)=NCC(=O)O)nn2Cc1ccccc1F. The molecule has 134 valence electrons. The van der Waals surface area contributed by atoms with Crippen LogP contribution in [0.4, 0.5) is 8.78 Å². The molecule has 0 saturated carbocycles. The third-order valence-corrected chi connectivity index (χ3v) is 3.76. The van der Waals surface area contributed by atoms with E-state index in [1.807, 2.05) is 0 Å². The summed E-state index contributed by atoms with van der Waals surface area (Å²) in [6.07, 6.45) is 0. The van der Waals surface area contributed by atoms with E-state index in [-0.39, 0.29) is 29.2 Å². The molecule has 0 amide bonds. The van der Waals surface area contributed by atoms with Crippen molar-refractivity contribution in [1.82, 2.24) is 14.8 Å². The summed E-state index contributed by atoms with van der Waals surface area (Å²) in [6.45, 7) is 0.999. The van der Waals surface area contributed by atoms with E-state index >= 15 is 0 Å². The van der Waals surface area contributed by atoms with Crippen LogP contribution < -0.4 is 5.73 Å². The number of rotatable bonds is 5. The van der Waals surface area contributed by atoms with Gasteiger partial charge in [0.1, 0.15) is 29.7 Å². The van der Waals surface area contributed by atoms with Crippen LogP contribution in [-0.2, 0) is 11.3 Å². The Labute approximate surface area is 146 Å². The normalized spacial score (nSPS) is 11.9. The maximum atomic E-state index is 14.0. The van der Waals surface area contributed by atoms with E-state index in [1.165, 1.54) is 23.7 Å². The van der Waals surface area contributed by atoms with Crippen molar-refractivity contribution in [3.8, 4) is 0 Å². The molecule has 0 spiro atoms. The van der Waals surface area contributed by atoms with Gasteiger partial charge in [0.25, 0.3) is 0 Å². The predicted octanol–water partition coefficient (Wildman–Crippen LogP) is 1.86. The number of halogens is 2. The fourth-order valence-electron chi connectivity index (χ4n) is 2.48. The molecule has 0 atom stereocenters. The van der Waals surface area contributed by atoms with Gasteiger partial charge in [-0.3, -0.25) is 9.79 Å². The van der Waals surface area contributed by atoms with Crippen molar-refractivity contribution in [2.24, 2.45) is 10.7 Å². The zero-order valence-corrected chi connectivity index (χ0v) is 13.8. The average molecular weight is 359 g/mol. The molecule has 2 heterocycles. The van der Waals surface area contributed by atoms with Gasteiger partial charge in [-0.15, -0.1) is 0 Å². The highest BCUT2D eigenvalue weighted by molar-refractivity contribution is 6.06. The summed E-state index contributed by atoms with van der Waals surface area (Å²) in [6, 6.07) is 7.39. The van der Waals surface area contributed by atoms with Crippen LogP contribution in [0.3, 0.4) is 0 Å². The molecule has 0 unspecified atom stereocenters. The molecule has 0 aliphatic rings. The number of aliphatic carboxylic acids is 1. The van der Waals surface area contributed by atoms with Gasteiger partial charge in [0.05, 0.1) is 17.6 Å². The minimum Gasteiger partial charge on any atom is -0.480 e. The lowest BCUT2D eigenvalue weighted by molar-refractivity contribution is -0.135. The molecule has 3 rings (SSSR count). The monoisotopic (exact) mass is 359 g/mol. The second kappa shape index (κ2) is 6.87. The van der Waals surface area contributed by atoms with Crippen LogP contribution in [0, 0.1) is 18.6 Å². The Morgan fingerprint density at radius 2 is 2.04 bits per heavy atom. The van der Waals surface area contributed by atoms with Gasteiger partial charge in [-0.05, 0) is 19.1 Å². The average Bonchev–Trinajstić information content (AvgIpc) is 2.93. The van der Waals surface area contributed by atoms with Crippen LogP contribution in [0.25, 0.3) is 11.0 Å². The summed E-state index contributed by atoms with van der Waals surface area (Å²) < 4.78 is 29.3. The standard InChI is InChI=1S/C17H15F2N5O2/c1-9-13(19)6-11-15(16(20)21-7-14(25)26)23-24(17(11)22-9)8-10-4-2-3-5-12(10)18/h2-6H,7-8H2,1H3,(H2,20,21)(H,25,26). The first-order valence-corrected chi connectivity index (χ1v) is 7.66. The fraction of sp³-hybridized carbons (Fsp3) is 0.176. The number of fused-ring (bicyclic) bond motifs is 1. The molecule has 0 aliphatic heterocycles. The summed E-state index contributed by atoms with van der Waals surface area (Å²) in [7, 11) is 0. The molecular formula is C17H15F2N5O2. The number of aliphatic imine (C=N–C) groups is 1. The van der Waals surface area contributed by atoms with Crippen molar-refractivity contribution in [3.05, 3.63) is 58.9 Å². The summed E-state index contributed by atoms with van der Waals surface area (Å²) >= 11 is 0. The first kappa shape index (κ1) is 17.5. The minimum absolute atomic E-state index is 0.0491. The number of pyridine rings is 1. The number of amidine groups is 1. The van der Waals surface area contributed by atoms with Gasteiger partial charge in [-0.25, -0.2) is 18.4 Å². The van der Waals surface area contributed by atoms with E-state index in [9.17, 15) is 13.6 Å². The summed E-state index contributed by atoms with van der Waals surface area (Å²) in [5.74, 6) is -2.29. The van der Waals surface area contributed by atoms with Crippen molar-refractivity contribution in [2.75, 3.05) is 6.54 Å². The van der Waals surface area contributed by atoms with Gasteiger partial charge in [-0.1, -0.05) is 18.2 Å². The molecule has 0 saturated heterocycles. The Morgan fingerprint density at radius 3 is 2.73 bits per heavy atom. The van der Waals surface area contributed by atoms with E-state index < -0.39 is 24.1 Å². The Kier molecular flexibility index (Phi) is 4.61. The number of aryl methyl sites for hydroxylation is 1. The van der Waals surface area contributed by atoms with Gasteiger partial charge in [-0.2, -0.15) is 5.10 Å². The molecule has 0 fully saturated rings. The predicted molar refractivity (Wildman–Crippen MR) is 91.0 cm³/mol. The molecule has 9 heteroatoms. The van der Waals surface area contributed by atoms with Crippen LogP contribution in [0.1, 0.15) is 17.0 Å². The van der Waals surface area contributed by atoms with Gasteiger partial charge >= 0.3 is 5.97 Å². The molecule has 0 bridgehead atoms. The van der Waals surface area contributed by atoms with E-state index in [0.717, 1.165) is 0 Å². The first-order chi connectivity index (χ1) is 12.4. The van der Waals surface area contributed by atoms with Gasteiger partial charge in [0.15, 0.2) is 5.65 Å². The number of nitrogens with zero attached hydrogens (tertiary/aromatic N) is 4. The summed E-state index contributed by atoms with van der Waals surface area (Å²) in [5.41, 5.74) is 6.74. The second-order valence-electron chi connectivity index (χ2n) is 5.62. The largest absolute Gasteiger partial charge is 0.480 e. The number of hydrogen-bond acceptors (Lipinski definition) is 4. The molecule has 26 heavy (non-hydrogen) atoms. The molecular weight excluding hydrogens is 344 g/mol. The lowest BCUT2D eigenvalue weighted by Crippen LogP contribution is -2.17. The molecule has 0 radical (unpaired) electrons. The van der Waals surface area contributed by atoms with Crippen LogP contribution in [0.2, 0.25) is 0 Å². The quantitative estimate of drug-likeness (QED) is 0.534. The van der Waals surface area contributed by atoms with E-state index in [0.29, 0.717) is 11.2 Å². The Balaban J connectivity index is 2.14. The molecule has 1 aromatic carbocycles. The molecule has 7 nitrogen and oxygen atoms in total. The molecule has 2 aromatic heterocycles. The maximum absolute atomic E-state index is 14.0. The third kappa shape index (κ3) is 3.37. The van der Waals surface area contributed by atoms with Crippen LogP contribution in [-0.4, -0.2) is 38.2 Å². The van der Waals surface area contributed by atoms with E-state index in [1.54, 1.807) is 18.2 Å². The van der Waals surface area contributed by atoms with Crippen LogP contribution >= 0.6 is 0 Å². The Hall–Kier alpha value is -3.36. The Morgan fingerprint density at radius 1 is 1.31 bits per heavy atom. The van der Waals surface area contributed by atoms with E-state index in [2.05, 4.69) is 15.1 Å². The smallest absolute Gasteiger partial charge is 0.325 e. The van der Waals surface area contributed by atoms with Gasteiger partial charge < -0.3 is 10.8 Å². The third-order valence-electron chi connectivity index (χ3n) is 3.76. The molecule has 0 aliphatic carbocycles. The van der Waals surface area contributed by atoms with Crippen molar-refractivity contribution >= 4 is 22.8 Å². The van der Waals surface area contributed by atoms with Gasteiger partial charge in [0, 0.05) is 5.56 Å². The maximum Gasteiger partial charge on any atom is 0.325 e. The molecule has 3 N–H and O–H groups in total. The number of nitrogens with two attached hydrogens (primary N) is 1. The summed E-state index contributed by atoms with van der Waals surface area (Å²) in [5, 5.41) is 13.3. The van der Waals surface area contributed by atoms with Crippen molar-refractivity contribution in [3.63, 3.8) is 0 Å². The zero-order chi connectivity index (χ0) is 18.8. The number of carboxylic acids is 1. The highest BCUT2D eigenvalue weighted by Gasteiger charge is 2.18. The lowest BCUT2D eigenvalue weighted by atomic mass is 10.2. The fourth-order valence-corrected chi connectivity index (χ4v) is 2.48. The minimum atomic E-state index is -1.16. The summed E-state index contributed by atoms with van der Waals surface area (Å²) in [4.78, 5) is 18.6. The highest BCUT2D eigenvalue weighted by Crippen LogP contribution is 2.21. The van der Waals surface area contributed by atoms with Crippen molar-refractivity contribution < 1.29 is 18.7 Å². The first-order valence-electron chi connectivity index (χ1n) is 7.66. The van der Waals surface area contributed by atoms with Crippen molar-refractivity contribution in [1.29, 1.82) is 0 Å². The number of carbonyl (C=O) groups is 1. The van der Waals surface area contributed by atoms with E-state index in [4.69, 9.17) is 10.8 Å². The number of carboxylic acid groups (broad SMARTS) is 1. The van der Waals surface area contributed by atoms with Crippen LogP contribution in [0.5, 0.6) is 0 Å². The molecule has 3 aromatic rings. The number of aromatic nitrogens is 3. The lowest BCUT2D eigenvalue weighted by Gasteiger charge is -2.05. The van der Waals surface area contributed by atoms with Crippen molar-refractivity contribution in [2.45, 2.75) is 13.5 Å². The highest BCUT2D eigenvalue weighted by atomic mass is 19.1. The second-order valence-corrected chi connectivity index (χ2v) is 5.62. The van der Waals surface area contributed by atoms with Gasteiger partial charge in [0.2, 0.25) is 0 Å². The Bertz CT molecular complexity index is 1030. The topological polar surface area (TPSA) is 106 Å².